The number of aromatic nitrogens is 2. The summed E-state index contributed by atoms with van der Waals surface area (Å²) in [6.07, 6.45) is 2.21. The van der Waals surface area contributed by atoms with Gasteiger partial charge in [0.1, 0.15) is 5.84 Å². The molecule has 2 aromatic heterocycles. The van der Waals surface area contributed by atoms with E-state index in [4.69, 9.17) is 10.9 Å². The van der Waals surface area contributed by atoms with Gasteiger partial charge in [-0.25, -0.2) is 4.52 Å². The molecule has 0 bridgehead atoms. The highest BCUT2D eigenvalue weighted by molar-refractivity contribution is 5.81. The Morgan fingerprint density at radius 2 is 2.43 bits per heavy atom. The number of hydrogen-bond acceptors (Lipinski definition) is 3. The van der Waals surface area contributed by atoms with Crippen LogP contribution in [0.25, 0.3) is 5.52 Å². The van der Waals surface area contributed by atoms with Gasteiger partial charge in [-0.2, -0.15) is 5.10 Å². The molecule has 0 saturated carbocycles. The molecule has 0 saturated heterocycles. The molecule has 2 aromatic rings. The van der Waals surface area contributed by atoms with Gasteiger partial charge >= 0.3 is 0 Å². The Hall–Kier alpha value is -2.04. The SMILES string of the molecule is N/C(Cc1cc2ccccn2n1)=N\O. The van der Waals surface area contributed by atoms with Crippen molar-refractivity contribution >= 4 is 11.4 Å². The van der Waals surface area contributed by atoms with Crippen molar-refractivity contribution in [3.8, 4) is 0 Å². The lowest BCUT2D eigenvalue weighted by Crippen LogP contribution is -2.14. The molecule has 0 unspecified atom stereocenters. The van der Waals surface area contributed by atoms with E-state index in [1.54, 1.807) is 4.52 Å². The van der Waals surface area contributed by atoms with E-state index >= 15 is 0 Å². The second-order valence-corrected chi connectivity index (χ2v) is 2.97. The summed E-state index contributed by atoms with van der Waals surface area (Å²) in [6.45, 7) is 0. The van der Waals surface area contributed by atoms with Crippen molar-refractivity contribution in [2.75, 3.05) is 0 Å². The van der Waals surface area contributed by atoms with Crippen molar-refractivity contribution in [2.24, 2.45) is 10.9 Å². The van der Waals surface area contributed by atoms with Crippen LogP contribution >= 0.6 is 0 Å². The summed E-state index contributed by atoms with van der Waals surface area (Å²) in [7, 11) is 0. The molecule has 0 aromatic carbocycles. The van der Waals surface area contributed by atoms with Gasteiger partial charge in [0.15, 0.2) is 0 Å². The zero-order chi connectivity index (χ0) is 9.97. The molecule has 0 radical (unpaired) electrons. The lowest BCUT2D eigenvalue weighted by atomic mass is 10.3. The number of fused-ring (bicyclic) bond motifs is 1. The molecular weight excluding hydrogens is 180 g/mol. The Morgan fingerprint density at radius 3 is 3.14 bits per heavy atom. The predicted molar refractivity (Wildman–Crippen MR) is 52.3 cm³/mol. The zero-order valence-electron chi connectivity index (χ0n) is 7.46. The van der Waals surface area contributed by atoms with E-state index in [0.717, 1.165) is 11.2 Å². The molecule has 0 atom stereocenters. The fourth-order valence-electron chi connectivity index (χ4n) is 1.30. The molecule has 0 amide bonds. The fourth-order valence-corrected chi connectivity index (χ4v) is 1.30. The lowest BCUT2D eigenvalue weighted by molar-refractivity contribution is 0.317. The second-order valence-electron chi connectivity index (χ2n) is 2.97. The third kappa shape index (κ3) is 1.52. The van der Waals surface area contributed by atoms with Crippen molar-refractivity contribution in [1.29, 1.82) is 0 Å². The normalized spacial score (nSPS) is 12.1. The molecule has 2 heterocycles. The van der Waals surface area contributed by atoms with Crippen molar-refractivity contribution in [2.45, 2.75) is 6.42 Å². The largest absolute Gasteiger partial charge is 0.409 e. The van der Waals surface area contributed by atoms with Crippen molar-refractivity contribution < 1.29 is 5.21 Å². The van der Waals surface area contributed by atoms with Crippen molar-refractivity contribution in [1.82, 2.24) is 9.61 Å². The van der Waals surface area contributed by atoms with Crippen LogP contribution in [0.3, 0.4) is 0 Å². The topological polar surface area (TPSA) is 75.9 Å². The summed E-state index contributed by atoms with van der Waals surface area (Å²) in [5.74, 6) is 0.161. The smallest absolute Gasteiger partial charge is 0.145 e. The van der Waals surface area contributed by atoms with Crippen LogP contribution in [0, 0.1) is 0 Å². The van der Waals surface area contributed by atoms with Crippen LogP contribution in [-0.4, -0.2) is 20.7 Å². The summed E-state index contributed by atoms with van der Waals surface area (Å²) in [5.41, 5.74) is 7.16. The minimum atomic E-state index is 0.161. The zero-order valence-corrected chi connectivity index (χ0v) is 7.46. The minimum absolute atomic E-state index is 0.161. The molecular formula is C9H10N4O. The maximum atomic E-state index is 8.40. The minimum Gasteiger partial charge on any atom is -0.409 e. The molecule has 2 rings (SSSR count). The first-order valence-corrected chi connectivity index (χ1v) is 4.19. The number of pyridine rings is 1. The van der Waals surface area contributed by atoms with E-state index < -0.39 is 0 Å². The van der Waals surface area contributed by atoms with E-state index in [-0.39, 0.29) is 5.84 Å². The van der Waals surface area contributed by atoms with Crippen LogP contribution in [0.2, 0.25) is 0 Å². The molecule has 14 heavy (non-hydrogen) atoms. The molecule has 0 aliphatic heterocycles. The molecule has 0 fully saturated rings. The summed E-state index contributed by atoms with van der Waals surface area (Å²) in [5, 5.41) is 15.5. The van der Waals surface area contributed by atoms with Gasteiger partial charge in [-0.1, -0.05) is 11.2 Å². The number of hydrogen-bond donors (Lipinski definition) is 2. The summed E-state index contributed by atoms with van der Waals surface area (Å²) < 4.78 is 1.75. The molecule has 72 valence electrons. The average Bonchev–Trinajstić information content (AvgIpc) is 2.59. The van der Waals surface area contributed by atoms with Gasteiger partial charge in [0.05, 0.1) is 17.6 Å². The Labute approximate surface area is 80.5 Å². The molecule has 0 aliphatic rings. The van der Waals surface area contributed by atoms with Gasteiger partial charge in [0.25, 0.3) is 0 Å². The molecule has 0 aliphatic carbocycles. The molecule has 5 nitrogen and oxygen atoms in total. The number of nitrogens with two attached hydrogens (primary N) is 1. The van der Waals surface area contributed by atoms with Gasteiger partial charge in [-0.3, -0.25) is 0 Å². The highest BCUT2D eigenvalue weighted by atomic mass is 16.4. The maximum absolute atomic E-state index is 8.40. The Balaban J connectivity index is 2.36. The van der Waals surface area contributed by atoms with Crippen LogP contribution in [0.4, 0.5) is 0 Å². The van der Waals surface area contributed by atoms with E-state index in [1.807, 2.05) is 30.5 Å². The van der Waals surface area contributed by atoms with E-state index in [1.165, 1.54) is 0 Å². The quantitative estimate of drug-likeness (QED) is 0.315. The number of rotatable bonds is 2. The van der Waals surface area contributed by atoms with Gasteiger partial charge in [0, 0.05) is 6.20 Å². The predicted octanol–water partition coefficient (Wildman–Crippen LogP) is 0.623. The van der Waals surface area contributed by atoms with Gasteiger partial charge < -0.3 is 10.9 Å². The maximum Gasteiger partial charge on any atom is 0.145 e. The van der Waals surface area contributed by atoms with Crippen LogP contribution < -0.4 is 5.73 Å². The Bertz CT molecular complexity index is 441. The van der Waals surface area contributed by atoms with Crippen LogP contribution in [0.5, 0.6) is 0 Å². The Morgan fingerprint density at radius 1 is 1.57 bits per heavy atom. The van der Waals surface area contributed by atoms with Gasteiger partial charge in [0.2, 0.25) is 0 Å². The van der Waals surface area contributed by atoms with Gasteiger partial charge in [-0.15, -0.1) is 0 Å². The fraction of sp³-hybridized carbons (Fsp3) is 0.111. The monoisotopic (exact) mass is 190 g/mol. The second kappa shape index (κ2) is 3.37. The highest BCUT2D eigenvalue weighted by Crippen LogP contribution is 2.05. The highest BCUT2D eigenvalue weighted by Gasteiger charge is 2.02. The first kappa shape index (κ1) is 8.55. The van der Waals surface area contributed by atoms with Crippen LogP contribution in [0.1, 0.15) is 5.69 Å². The van der Waals surface area contributed by atoms with Crippen molar-refractivity contribution in [3.63, 3.8) is 0 Å². The van der Waals surface area contributed by atoms with Crippen molar-refractivity contribution in [3.05, 3.63) is 36.2 Å². The number of oxime groups is 1. The standard InChI is InChI=1S/C9H10N4O/c10-9(12-14)6-7-5-8-3-1-2-4-13(8)11-7/h1-5,14H,6H2,(H2,10,12). The molecule has 5 heteroatoms. The third-order valence-electron chi connectivity index (χ3n) is 1.91. The van der Waals surface area contributed by atoms with E-state index in [9.17, 15) is 0 Å². The number of amidine groups is 1. The Kier molecular flexibility index (Phi) is 2.06. The van der Waals surface area contributed by atoms with E-state index in [0.29, 0.717) is 6.42 Å². The van der Waals surface area contributed by atoms with Crippen LogP contribution in [-0.2, 0) is 6.42 Å². The lowest BCUT2D eigenvalue weighted by Gasteiger charge is -1.91. The average molecular weight is 190 g/mol. The summed E-state index contributed by atoms with van der Waals surface area (Å²) in [6, 6.07) is 7.68. The first-order valence-electron chi connectivity index (χ1n) is 4.19. The molecule has 3 N–H and O–H groups in total. The number of nitrogens with zero attached hydrogens (tertiary/aromatic N) is 3. The first-order chi connectivity index (χ1) is 6.79. The van der Waals surface area contributed by atoms with E-state index in [2.05, 4.69) is 10.3 Å². The van der Waals surface area contributed by atoms with Gasteiger partial charge in [-0.05, 0) is 18.2 Å². The molecule has 0 spiro atoms. The third-order valence-corrected chi connectivity index (χ3v) is 1.91. The van der Waals surface area contributed by atoms with Crippen LogP contribution in [0.15, 0.2) is 35.6 Å². The summed E-state index contributed by atoms with van der Waals surface area (Å²) >= 11 is 0. The summed E-state index contributed by atoms with van der Waals surface area (Å²) in [4.78, 5) is 0.